The van der Waals surface area contributed by atoms with Gasteiger partial charge in [0, 0.05) is 34.8 Å². The Labute approximate surface area is 130 Å². The van der Waals surface area contributed by atoms with Gasteiger partial charge in [-0.05, 0) is 62.8 Å². The van der Waals surface area contributed by atoms with Crippen LogP contribution in [0, 0.1) is 0 Å². The lowest BCUT2D eigenvalue weighted by atomic mass is 9.96. The van der Waals surface area contributed by atoms with Gasteiger partial charge in [-0.15, -0.1) is 0 Å². The van der Waals surface area contributed by atoms with Crippen molar-refractivity contribution in [3.05, 3.63) is 34.9 Å². The summed E-state index contributed by atoms with van der Waals surface area (Å²) in [5.41, 5.74) is 0.705. The molecule has 0 spiro atoms. The molecule has 2 saturated heterocycles. The van der Waals surface area contributed by atoms with E-state index in [0.29, 0.717) is 28.7 Å². The van der Waals surface area contributed by atoms with Crippen molar-refractivity contribution >= 4 is 17.5 Å². The van der Waals surface area contributed by atoms with Gasteiger partial charge in [-0.1, -0.05) is 11.6 Å². The number of nitrogens with zero attached hydrogens (tertiary/aromatic N) is 1. The molecule has 1 N–H and O–H groups in total. The number of benzene rings is 1. The summed E-state index contributed by atoms with van der Waals surface area (Å²) in [5, 5.41) is 3.90. The van der Waals surface area contributed by atoms with Crippen molar-refractivity contribution in [3.8, 4) is 0 Å². The molecule has 4 rings (SSSR count). The molecule has 0 aromatic heterocycles. The summed E-state index contributed by atoms with van der Waals surface area (Å²) in [4.78, 5) is 15.1. The van der Waals surface area contributed by atoms with E-state index in [4.69, 9.17) is 11.6 Å². The average molecular weight is 305 g/mol. The maximum absolute atomic E-state index is 12.3. The van der Waals surface area contributed by atoms with E-state index in [1.165, 1.54) is 25.7 Å². The first-order valence-corrected chi connectivity index (χ1v) is 8.42. The lowest BCUT2D eigenvalue weighted by Crippen LogP contribution is -2.51. The number of fused-ring (bicyclic) bond motifs is 2. The molecule has 0 radical (unpaired) electrons. The van der Waals surface area contributed by atoms with Crippen molar-refractivity contribution in [2.24, 2.45) is 0 Å². The van der Waals surface area contributed by atoms with Crippen LogP contribution in [0.3, 0.4) is 0 Å². The van der Waals surface area contributed by atoms with Crippen molar-refractivity contribution < 1.29 is 4.79 Å². The Bertz CT molecular complexity index is 526. The van der Waals surface area contributed by atoms with Gasteiger partial charge in [0.1, 0.15) is 0 Å². The molecule has 2 bridgehead atoms. The number of hydrogen-bond acceptors (Lipinski definition) is 2. The van der Waals surface area contributed by atoms with Crippen LogP contribution in [0.4, 0.5) is 0 Å². The van der Waals surface area contributed by atoms with Crippen molar-refractivity contribution in [2.45, 2.75) is 62.7 Å². The maximum atomic E-state index is 12.3. The molecule has 4 heteroatoms. The van der Waals surface area contributed by atoms with Gasteiger partial charge in [-0.25, -0.2) is 0 Å². The fourth-order valence-corrected chi connectivity index (χ4v) is 4.30. The molecule has 3 fully saturated rings. The molecule has 1 saturated carbocycles. The Morgan fingerprint density at radius 1 is 1.00 bits per heavy atom. The van der Waals surface area contributed by atoms with Crippen LogP contribution < -0.4 is 5.32 Å². The van der Waals surface area contributed by atoms with Crippen LogP contribution in [-0.4, -0.2) is 35.0 Å². The summed E-state index contributed by atoms with van der Waals surface area (Å²) in [7, 11) is 0. The van der Waals surface area contributed by atoms with Crippen LogP contribution in [0.5, 0.6) is 0 Å². The van der Waals surface area contributed by atoms with E-state index in [0.717, 1.165) is 18.9 Å². The largest absolute Gasteiger partial charge is 0.349 e. The van der Waals surface area contributed by atoms with Crippen LogP contribution in [0.25, 0.3) is 0 Å². The van der Waals surface area contributed by atoms with Gasteiger partial charge in [-0.3, -0.25) is 9.69 Å². The molecule has 1 amide bonds. The first-order chi connectivity index (χ1) is 10.2. The minimum absolute atomic E-state index is 0.0379. The second-order valence-corrected chi connectivity index (χ2v) is 7.15. The number of hydrogen-bond donors (Lipinski definition) is 1. The molecule has 3 aliphatic rings. The number of piperidine rings is 1. The Kier molecular flexibility index (Phi) is 3.43. The quantitative estimate of drug-likeness (QED) is 0.930. The molecular formula is C17H21ClN2O. The molecular weight excluding hydrogens is 284 g/mol. The van der Waals surface area contributed by atoms with Gasteiger partial charge in [0.2, 0.25) is 0 Å². The number of rotatable bonds is 3. The van der Waals surface area contributed by atoms with Crippen molar-refractivity contribution in [1.82, 2.24) is 10.2 Å². The van der Waals surface area contributed by atoms with Gasteiger partial charge in [0.25, 0.3) is 5.91 Å². The second-order valence-electron chi connectivity index (χ2n) is 6.71. The maximum Gasteiger partial charge on any atom is 0.251 e. The summed E-state index contributed by atoms with van der Waals surface area (Å²) in [6.07, 6.45) is 7.63. The molecule has 0 unspecified atom stereocenters. The standard InChI is InChI=1S/C17H21ClN2O/c18-12-3-1-11(2-4-12)17(21)19-13-9-15-7-8-16(10-13)20(15)14-5-6-14/h1-4,13-16H,5-10H2,(H,19,21)/t15-,16-/m0/s1. The molecule has 2 heterocycles. The Morgan fingerprint density at radius 2 is 1.57 bits per heavy atom. The predicted octanol–water partition coefficient (Wildman–Crippen LogP) is 3.23. The summed E-state index contributed by atoms with van der Waals surface area (Å²) >= 11 is 5.87. The highest BCUT2D eigenvalue weighted by Crippen LogP contribution is 2.43. The first kappa shape index (κ1) is 13.6. The third kappa shape index (κ3) is 2.69. The highest BCUT2D eigenvalue weighted by atomic mass is 35.5. The van der Waals surface area contributed by atoms with E-state index in [1.54, 1.807) is 24.3 Å². The van der Waals surface area contributed by atoms with E-state index >= 15 is 0 Å². The predicted molar refractivity (Wildman–Crippen MR) is 83.6 cm³/mol. The molecule has 2 atom stereocenters. The van der Waals surface area contributed by atoms with Gasteiger partial charge in [0.05, 0.1) is 0 Å². The van der Waals surface area contributed by atoms with E-state index in [9.17, 15) is 4.79 Å². The van der Waals surface area contributed by atoms with Crippen molar-refractivity contribution in [1.29, 1.82) is 0 Å². The highest BCUT2D eigenvalue weighted by Gasteiger charge is 2.47. The summed E-state index contributed by atoms with van der Waals surface area (Å²) in [5.74, 6) is 0.0379. The second kappa shape index (κ2) is 5.29. The third-order valence-electron chi connectivity index (χ3n) is 5.20. The molecule has 21 heavy (non-hydrogen) atoms. The number of carbonyl (C=O) groups excluding carboxylic acids is 1. The number of nitrogens with one attached hydrogen (secondary N) is 1. The fourth-order valence-electron chi connectivity index (χ4n) is 4.17. The minimum atomic E-state index is 0.0379. The molecule has 1 aromatic rings. The van der Waals surface area contributed by atoms with Crippen molar-refractivity contribution in [3.63, 3.8) is 0 Å². The van der Waals surface area contributed by atoms with E-state index in [1.807, 2.05) is 0 Å². The summed E-state index contributed by atoms with van der Waals surface area (Å²) < 4.78 is 0. The monoisotopic (exact) mass is 304 g/mol. The minimum Gasteiger partial charge on any atom is -0.349 e. The first-order valence-electron chi connectivity index (χ1n) is 8.04. The smallest absolute Gasteiger partial charge is 0.251 e. The van der Waals surface area contributed by atoms with Gasteiger partial charge in [0.15, 0.2) is 0 Å². The zero-order valence-corrected chi connectivity index (χ0v) is 12.9. The Hall–Kier alpha value is -1.06. The molecule has 3 nitrogen and oxygen atoms in total. The van der Waals surface area contributed by atoms with Crippen LogP contribution in [-0.2, 0) is 0 Å². The summed E-state index contributed by atoms with van der Waals surface area (Å²) in [6, 6.07) is 9.73. The lowest BCUT2D eigenvalue weighted by molar-refractivity contribution is 0.0827. The topological polar surface area (TPSA) is 32.3 Å². The average Bonchev–Trinajstić information content (AvgIpc) is 3.27. The van der Waals surface area contributed by atoms with Crippen LogP contribution in [0.1, 0.15) is 48.9 Å². The van der Waals surface area contributed by atoms with Crippen LogP contribution >= 0.6 is 11.6 Å². The van der Waals surface area contributed by atoms with E-state index in [-0.39, 0.29) is 5.91 Å². The highest BCUT2D eigenvalue weighted by molar-refractivity contribution is 6.30. The van der Waals surface area contributed by atoms with Gasteiger partial charge < -0.3 is 5.32 Å². The SMILES string of the molecule is O=C(NC1C[C@@H]2CC[C@@H](C1)N2C1CC1)c1ccc(Cl)cc1. The van der Waals surface area contributed by atoms with Crippen LogP contribution in [0.15, 0.2) is 24.3 Å². The van der Waals surface area contributed by atoms with E-state index in [2.05, 4.69) is 10.2 Å². The number of amides is 1. The molecule has 2 aliphatic heterocycles. The normalized spacial score (nSPS) is 32.1. The zero-order valence-electron chi connectivity index (χ0n) is 12.1. The van der Waals surface area contributed by atoms with Gasteiger partial charge >= 0.3 is 0 Å². The fraction of sp³-hybridized carbons (Fsp3) is 0.588. The molecule has 1 aliphatic carbocycles. The molecule has 112 valence electrons. The Balaban J connectivity index is 1.40. The molecule has 1 aromatic carbocycles. The third-order valence-corrected chi connectivity index (χ3v) is 5.45. The number of carbonyl (C=O) groups is 1. The summed E-state index contributed by atoms with van der Waals surface area (Å²) in [6.45, 7) is 0. The zero-order chi connectivity index (χ0) is 14.4. The van der Waals surface area contributed by atoms with Gasteiger partial charge in [-0.2, -0.15) is 0 Å². The van der Waals surface area contributed by atoms with E-state index < -0.39 is 0 Å². The number of halogens is 1. The van der Waals surface area contributed by atoms with Crippen LogP contribution in [0.2, 0.25) is 5.02 Å². The lowest BCUT2D eigenvalue weighted by Gasteiger charge is -2.39. The Morgan fingerprint density at radius 3 is 2.14 bits per heavy atom. The van der Waals surface area contributed by atoms with Crippen molar-refractivity contribution in [2.75, 3.05) is 0 Å².